The number of nitriles is 1. The number of nitro benzene ring substituents is 1. The molecule has 7 nitrogen and oxygen atoms in total. The quantitative estimate of drug-likeness (QED) is 0.676. The predicted octanol–water partition coefficient (Wildman–Crippen LogP) is 3.31. The maximum atomic E-state index is 11.3. The Kier molecular flexibility index (Phi) is 4.62. The smallest absolute Gasteiger partial charge is 0.293 e. The number of nitro groups is 1. The van der Waals surface area contributed by atoms with Gasteiger partial charge in [0.25, 0.3) is 5.69 Å². The molecule has 1 aliphatic rings. The second-order valence-corrected chi connectivity index (χ2v) is 6.63. The lowest BCUT2D eigenvalue weighted by Crippen LogP contribution is -2.39. The molecule has 1 saturated heterocycles. The van der Waals surface area contributed by atoms with Crippen molar-refractivity contribution in [3.8, 4) is 6.07 Å². The summed E-state index contributed by atoms with van der Waals surface area (Å²) < 4.78 is 0. The third-order valence-corrected chi connectivity index (χ3v) is 4.97. The molecule has 0 aliphatic carbocycles. The Morgan fingerprint density at radius 3 is 2.79 bits per heavy atom. The van der Waals surface area contributed by atoms with Gasteiger partial charge in [0.2, 0.25) is 0 Å². The molecule has 0 saturated carbocycles. The summed E-state index contributed by atoms with van der Waals surface area (Å²) in [7, 11) is 0. The van der Waals surface area contributed by atoms with E-state index >= 15 is 0 Å². The lowest BCUT2D eigenvalue weighted by Gasteiger charge is -2.33. The highest BCUT2D eigenvalue weighted by atomic mass is 32.1. The first-order chi connectivity index (χ1) is 11.6. The molecule has 0 radical (unpaired) electrons. The molecular weight excluding hydrogens is 326 g/mol. The Bertz CT molecular complexity index is 790. The third-order valence-electron chi connectivity index (χ3n) is 4.08. The number of rotatable bonds is 4. The second kappa shape index (κ2) is 6.84. The summed E-state index contributed by atoms with van der Waals surface area (Å²) in [5, 5.41) is 26.6. The van der Waals surface area contributed by atoms with Gasteiger partial charge < -0.3 is 10.2 Å². The van der Waals surface area contributed by atoms with Crippen LogP contribution in [0, 0.1) is 28.4 Å². The number of anilines is 2. The fourth-order valence-corrected chi connectivity index (χ4v) is 3.63. The topological polar surface area (TPSA) is 95.1 Å². The van der Waals surface area contributed by atoms with Crippen molar-refractivity contribution in [1.29, 1.82) is 5.26 Å². The van der Waals surface area contributed by atoms with Crippen molar-refractivity contribution in [1.82, 2.24) is 4.98 Å². The minimum Gasteiger partial charge on any atom is -0.366 e. The normalized spacial score (nSPS) is 15.1. The minimum atomic E-state index is -0.418. The average Bonchev–Trinajstić information content (AvgIpc) is 3.00. The molecule has 0 bridgehead atoms. The Labute approximate surface area is 143 Å². The van der Waals surface area contributed by atoms with Gasteiger partial charge in [-0.2, -0.15) is 5.26 Å². The van der Waals surface area contributed by atoms with Crippen LogP contribution in [0.1, 0.15) is 24.1 Å². The van der Waals surface area contributed by atoms with Gasteiger partial charge in [-0.15, -0.1) is 11.3 Å². The van der Waals surface area contributed by atoms with Crippen molar-refractivity contribution < 1.29 is 4.92 Å². The van der Waals surface area contributed by atoms with Crippen molar-refractivity contribution in [2.24, 2.45) is 0 Å². The zero-order valence-corrected chi connectivity index (χ0v) is 14.0. The lowest BCUT2D eigenvalue weighted by atomic mass is 10.0. The van der Waals surface area contributed by atoms with E-state index in [4.69, 9.17) is 5.26 Å². The number of hydrogen-bond donors (Lipinski definition) is 1. The minimum absolute atomic E-state index is 0.00370. The molecule has 2 aromatic rings. The Morgan fingerprint density at radius 1 is 1.46 bits per heavy atom. The van der Waals surface area contributed by atoms with Crippen LogP contribution in [0.3, 0.4) is 0 Å². The Hall–Kier alpha value is -2.66. The summed E-state index contributed by atoms with van der Waals surface area (Å²) in [6.07, 6.45) is 1.77. The number of aromatic nitrogens is 1. The van der Waals surface area contributed by atoms with E-state index in [0.29, 0.717) is 17.3 Å². The van der Waals surface area contributed by atoms with Gasteiger partial charge in [-0.1, -0.05) is 0 Å². The molecule has 0 spiro atoms. The van der Waals surface area contributed by atoms with Gasteiger partial charge in [-0.05, 0) is 31.9 Å². The van der Waals surface area contributed by atoms with Gasteiger partial charge in [0, 0.05) is 30.6 Å². The molecule has 1 aromatic heterocycles. The van der Waals surface area contributed by atoms with Crippen LogP contribution in [0.25, 0.3) is 0 Å². The van der Waals surface area contributed by atoms with Gasteiger partial charge >= 0.3 is 0 Å². The summed E-state index contributed by atoms with van der Waals surface area (Å²) in [4.78, 5) is 17.3. The molecule has 8 heteroatoms. The monoisotopic (exact) mass is 343 g/mol. The molecule has 24 heavy (non-hydrogen) atoms. The molecule has 0 atom stereocenters. The van der Waals surface area contributed by atoms with Crippen molar-refractivity contribution in [2.45, 2.75) is 25.8 Å². The molecule has 1 aliphatic heterocycles. The predicted molar refractivity (Wildman–Crippen MR) is 93.5 cm³/mol. The molecule has 1 N–H and O–H groups in total. The average molecular weight is 343 g/mol. The molecular formula is C16H17N5O2S. The van der Waals surface area contributed by atoms with E-state index in [1.165, 1.54) is 6.07 Å². The third kappa shape index (κ3) is 3.46. The van der Waals surface area contributed by atoms with Crippen LogP contribution in [-0.2, 0) is 0 Å². The van der Waals surface area contributed by atoms with E-state index in [0.717, 1.165) is 36.8 Å². The molecule has 2 heterocycles. The molecule has 1 fully saturated rings. The van der Waals surface area contributed by atoms with Crippen LogP contribution >= 0.6 is 11.3 Å². The van der Waals surface area contributed by atoms with Gasteiger partial charge in [0.05, 0.1) is 22.2 Å². The molecule has 124 valence electrons. The van der Waals surface area contributed by atoms with Crippen LogP contribution in [-0.4, -0.2) is 29.0 Å². The van der Waals surface area contributed by atoms with E-state index < -0.39 is 4.92 Å². The number of nitrogens with zero attached hydrogens (tertiary/aromatic N) is 4. The number of thiazole rings is 1. The maximum absolute atomic E-state index is 11.3. The van der Waals surface area contributed by atoms with Crippen molar-refractivity contribution in [3.05, 3.63) is 45.0 Å². The summed E-state index contributed by atoms with van der Waals surface area (Å²) in [6.45, 7) is 3.43. The van der Waals surface area contributed by atoms with Crippen molar-refractivity contribution in [2.75, 3.05) is 23.3 Å². The summed E-state index contributed by atoms with van der Waals surface area (Å²) in [5.74, 6) is 0. The molecule has 1 aromatic carbocycles. The molecule has 0 unspecified atom stereocenters. The van der Waals surface area contributed by atoms with Gasteiger partial charge in [-0.25, -0.2) is 4.98 Å². The molecule has 0 amide bonds. The van der Waals surface area contributed by atoms with E-state index in [2.05, 4.69) is 10.3 Å². The number of piperidine rings is 1. The van der Waals surface area contributed by atoms with E-state index in [9.17, 15) is 10.1 Å². The van der Waals surface area contributed by atoms with E-state index in [-0.39, 0.29) is 5.69 Å². The van der Waals surface area contributed by atoms with E-state index in [1.54, 1.807) is 23.5 Å². The van der Waals surface area contributed by atoms with Gasteiger partial charge in [0.1, 0.15) is 5.69 Å². The molecule has 3 rings (SSSR count). The first-order valence-corrected chi connectivity index (χ1v) is 8.57. The number of benzene rings is 1. The largest absolute Gasteiger partial charge is 0.366 e. The van der Waals surface area contributed by atoms with Gasteiger partial charge in [0.15, 0.2) is 5.13 Å². The van der Waals surface area contributed by atoms with Crippen LogP contribution in [0.2, 0.25) is 0 Å². The number of nitrogens with one attached hydrogen (secondary N) is 1. The van der Waals surface area contributed by atoms with Crippen LogP contribution < -0.4 is 10.2 Å². The Morgan fingerprint density at radius 2 is 2.21 bits per heavy atom. The van der Waals surface area contributed by atoms with Crippen molar-refractivity contribution in [3.63, 3.8) is 0 Å². The van der Waals surface area contributed by atoms with Crippen LogP contribution in [0.4, 0.5) is 16.5 Å². The maximum Gasteiger partial charge on any atom is 0.293 e. The first kappa shape index (κ1) is 16.2. The number of hydrogen-bond acceptors (Lipinski definition) is 7. The Balaban J connectivity index is 1.68. The second-order valence-electron chi connectivity index (χ2n) is 5.77. The summed E-state index contributed by atoms with van der Waals surface area (Å²) in [5.41, 5.74) is 1.90. The zero-order chi connectivity index (χ0) is 17.1. The standard InChI is InChI=1S/C16H17N5O2S/c1-11-10-24-16(18-11)19-13-4-6-20(7-5-13)14-3-2-12(9-17)8-15(14)21(22)23/h2-3,8,10,13H,4-7H2,1H3,(H,18,19). The highest BCUT2D eigenvalue weighted by Gasteiger charge is 2.25. The fourth-order valence-electron chi connectivity index (χ4n) is 2.87. The number of aryl methyl sites for hydroxylation is 1. The van der Waals surface area contributed by atoms with Crippen molar-refractivity contribution >= 4 is 27.8 Å². The van der Waals surface area contributed by atoms with E-state index in [1.807, 2.05) is 23.3 Å². The SMILES string of the molecule is Cc1csc(NC2CCN(c3ccc(C#N)cc3[N+](=O)[O-])CC2)n1. The van der Waals surface area contributed by atoms with Crippen LogP contribution in [0.5, 0.6) is 0 Å². The first-order valence-electron chi connectivity index (χ1n) is 7.69. The summed E-state index contributed by atoms with van der Waals surface area (Å²) in [6, 6.07) is 6.92. The highest BCUT2D eigenvalue weighted by Crippen LogP contribution is 2.31. The van der Waals surface area contributed by atoms with Crippen LogP contribution in [0.15, 0.2) is 23.6 Å². The zero-order valence-electron chi connectivity index (χ0n) is 13.2. The van der Waals surface area contributed by atoms with Gasteiger partial charge in [-0.3, -0.25) is 10.1 Å². The summed E-state index contributed by atoms with van der Waals surface area (Å²) >= 11 is 1.60. The fraction of sp³-hybridized carbons (Fsp3) is 0.375. The highest BCUT2D eigenvalue weighted by molar-refractivity contribution is 7.13. The lowest BCUT2D eigenvalue weighted by molar-refractivity contribution is -0.384.